The van der Waals surface area contributed by atoms with E-state index in [4.69, 9.17) is 10.5 Å². The molecule has 19 heavy (non-hydrogen) atoms. The highest BCUT2D eigenvalue weighted by Crippen LogP contribution is 2.32. The number of carbonyl (C=O) groups is 1. The van der Waals surface area contributed by atoms with Crippen LogP contribution in [0.5, 0.6) is 0 Å². The molecule has 1 heterocycles. The quantitative estimate of drug-likeness (QED) is 0.738. The molecule has 106 valence electrons. The number of hydrogen-bond acceptors (Lipinski definition) is 6. The molecular formula is C13H20N2O3S. The Hall–Kier alpha value is -1.27. The average Bonchev–Trinajstić information content (AvgIpc) is 2.74. The molecule has 0 atom stereocenters. The molecule has 0 unspecified atom stereocenters. The zero-order valence-electron chi connectivity index (χ0n) is 11.0. The first-order valence-corrected chi connectivity index (χ1v) is 7.42. The monoisotopic (exact) mass is 284 g/mol. The van der Waals surface area contributed by atoms with Crippen LogP contribution in [0.4, 0.5) is 10.7 Å². The van der Waals surface area contributed by atoms with Gasteiger partial charge in [0.15, 0.2) is 0 Å². The van der Waals surface area contributed by atoms with Crippen LogP contribution in [-0.4, -0.2) is 29.8 Å². The molecule has 0 amide bonds. The molecule has 5 nitrogen and oxygen atoms in total. The second kappa shape index (κ2) is 6.25. The van der Waals surface area contributed by atoms with Crippen LogP contribution in [0.1, 0.15) is 42.3 Å². The van der Waals surface area contributed by atoms with E-state index in [0.717, 1.165) is 30.7 Å². The lowest BCUT2D eigenvalue weighted by molar-refractivity contribution is 0.0533. The number of aliphatic hydroxyl groups is 1. The molecule has 2 rings (SSSR count). The van der Waals surface area contributed by atoms with Crippen molar-refractivity contribution in [1.82, 2.24) is 0 Å². The topological polar surface area (TPSA) is 84.6 Å². The van der Waals surface area contributed by atoms with Crippen LogP contribution >= 0.6 is 11.3 Å². The van der Waals surface area contributed by atoms with Crippen molar-refractivity contribution < 1.29 is 14.6 Å². The standard InChI is InChI=1S/C13H20N2O3S/c1-2-18-13(17)12-10(14)7-11(19-12)15-8-3-5-9(16)6-4-8/h7-9,15-16H,2-6,14H2,1H3. The third kappa shape index (κ3) is 3.61. The zero-order valence-corrected chi connectivity index (χ0v) is 11.8. The van der Waals surface area contributed by atoms with Crippen molar-refractivity contribution in [2.24, 2.45) is 0 Å². The van der Waals surface area contributed by atoms with E-state index in [0.29, 0.717) is 23.2 Å². The highest BCUT2D eigenvalue weighted by molar-refractivity contribution is 7.18. The summed E-state index contributed by atoms with van der Waals surface area (Å²) in [6, 6.07) is 2.12. The fourth-order valence-electron chi connectivity index (χ4n) is 2.25. The van der Waals surface area contributed by atoms with Crippen LogP contribution in [0.15, 0.2) is 6.07 Å². The van der Waals surface area contributed by atoms with E-state index < -0.39 is 0 Å². The lowest BCUT2D eigenvalue weighted by Crippen LogP contribution is -2.27. The van der Waals surface area contributed by atoms with Crippen LogP contribution in [0, 0.1) is 0 Å². The summed E-state index contributed by atoms with van der Waals surface area (Å²) in [5, 5.41) is 13.7. The summed E-state index contributed by atoms with van der Waals surface area (Å²) >= 11 is 1.33. The van der Waals surface area contributed by atoms with Crippen LogP contribution < -0.4 is 11.1 Å². The van der Waals surface area contributed by atoms with E-state index in [9.17, 15) is 9.90 Å². The van der Waals surface area contributed by atoms with Gasteiger partial charge in [0.25, 0.3) is 0 Å². The normalized spacial score (nSPS) is 23.1. The Kier molecular flexibility index (Phi) is 4.66. The van der Waals surface area contributed by atoms with Crippen molar-refractivity contribution in [2.45, 2.75) is 44.8 Å². The summed E-state index contributed by atoms with van der Waals surface area (Å²) in [6.07, 6.45) is 3.36. The summed E-state index contributed by atoms with van der Waals surface area (Å²) in [4.78, 5) is 12.1. The van der Waals surface area contributed by atoms with Gasteiger partial charge in [0.2, 0.25) is 0 Å². The zero-order chi connectivity index (χ0) is 13.8. The lowest BCUT2D eigenvalue weighted by Gasteiger charge is -2.26. The second-order valence-corrected chi connectivity index (χ2v) is 5.82. The van der Waals surface area contributed by atoms with E-state index >= 15 is 0 Å². The number of anilines is 2. The van der Waals surface area contributed by atoms with E-state index in [1.807, 2.05) is 0 Å². The molecule has 1 aliphatic carbocycles. The van der Waals surface area contributed by atoms with E-state index in [2.05, 4.69) is 5.32 Å². The average molecular weight is 284 g/mol. The summed E-state index contributed by atoms with van der Waals surface area (Å²) in [5.74, 6) is -0.364. The van der Waals surface area contributed by atoms with Gasteiger partial charge in [-0.25, -0.2) is 4.79 Å². The highest BCUT2D eigenvalue weighted by atomic mass is 32.1. The van der Waals surface area contributed by atoms with Gasteiger partial charge in [-0.05, 0) is 38.7 Å². The van der Waals surface area contributed by atoms with E-state index in [1.54, 1.807) is 13.0 Å². The molecule has 1 aromatic rings. The predicted molar refractivity (Wildman–Crippen MR) is 76.6 cm³/mol. The van der Waals surface area contributed by atoms with Crippen molar-refractivity contribution >= 4 is 28.0 Å². The Labute approximate surface area is 116 Å². The van der Waals surface area contributed by atoms with Crippen LogP contribution in [-0.2, 0) is 4.74 Å². The number of carbonyl (C=O) groups excluding carboxylic acids is 1. The van der Waals surface area contributed by atoms with Crippen LogP contribution in [0.3, 0.4) is 0 Å². The maximum Gasteiger partial charge on any atom is 0.350 e. The van der Waals surface area contributed by atoms with Gasteiger partial charge in [-0.1, -0.05) is 0 Å². The Morgan fingerprint density at radius 3 is 2.84 bits per heavy atom. The van der Waals surface area contributed by atoms with Gasteiger partial charge in [-0.3, -0.25) is 0 Å². The number of thiophene rings is 1. The van der Waals surface area contributed by atoms with Gasteiger partial charge < -0.3 is 20.9 Å². The second-order valence-electron chi connectivity index (χ2n) is 4.77. The van der Waals surface area contributed by atoms with Crippen molar-refractivity contribution in [1.29, 1.82) is 0 Å². The molecule has 1 aliphatic rings. The highest BCUT2D eigenvalue weighted by Gasteiger charge is 2.21. The molecule has 0 aromatic carbocycles. The molecule has 0 saturated heterocycles. The number of ether oxygens (including phenoxy) is 1. The summed E-state index contributed by atoms with van der Waals surface area (Å²) < 4.78 is 4.96. The predicted octanol–water partition coefficient (Wildman–Crippen LogP) is 2.22. The third-order valence-corrected chi connectivity index (χ3v) is 4.33. The maximum atomic E-state index is 11.7. The van der Waals surface area contributed by atoms with Gasteiger partial charge in [0.1, 0.15) is 4.88 Å². The maximum absolute atomic E-state index is 11.7. The molecule has 0 bridgehead atoms. The Balaban J connectivity index is 1.98. The Morgan fingerprint density at radius 1 is 1.53 bits per heavy atom. The van der Waals surface area contributed by atoms with Crippen molar-refractivity contribution in [3.8, 4) is 0 Å². The van der Waals surface area contributed by atoms with Crippen LogP contribution in [0.25, 0.3) is 0 Å². The van der Waals surface area contributed by atoms with Gasteiger partial charge in [0.05, 0.1) is 23.4 Å². The first kappa shape index (κ1) is 14.1. The molecular weight excluding hydrogens is 264 g/mol. The van der Waals surface area contributed by atoms with Crippen molar-refractivity contribution in [3.63, 3.8) is 0 Å². The summed E-state index contributed by atoms with van der Waals surface area (Å²) in [5.41, 5.74) is 6.29. The minimum atomic E-state index is -0.364. The molecule has 0 spiro atoms. The third-order valence-electron chi connectivity index (χ3n) is 3.26. The number of esters is 1. The molecule has 4 N–H and O–H groups in total. The van der Waals surface area contributed by atoms with Gasteiger partial charge >= 0.3 is 5.97 Å². The molecule has 0 aliphatic heterocycles. The summed E-state index contributed by atoms with van der Waals surface area (Å²) in [7, 11) is 0. The fourth-order valence-corrected chi connectivity index (χ4v) is 3.20. The van der Waals surface area contributed by atoms with Gasteiger partial charge in [-0.2, -0.15) is 0 Å². The Bertz CT molecular complexity index is 439. The molecule has 1 fully saturated rings. The van der Waals surface area contributed by atoms with Crippen LogP contribution in [0.2, 0.25) is 0 Å². The molecule has 1 aromatic heterocycles. The van der Waals surface area contributed by atoms with E-state index in [1.165, 1.54) is 11.3 Å². The fraction of sp³-hybridized carbons (Fsp3) is 0.615. The molecule has 6 heteroatoms. The van der Waals surface area contributed by atoms with Gasteiger partial charge in [-0.15, -0.1) is 11.3 Å². The van der Waals surface area contributed by atoms with Gasteiger partial charge in [0, 0.05) is 6.04 Å². The first-order valence-electron chi connectivity index (χ1n) is 6.61. The number of nitrogens with one attached hydrogen (secondary N) is 1. The number of nitrogens with two attached hydrogens (primary N) is 1. The number of hydrogen-bond donors (Lipinski definition) is 3. The minimum Gasteiger partial charge on any atom is -0.462 e. The molecule has 0 radical (unpaired) electrons. The largest absolute Gasteiger partial charge is 0.462 e. The number of aliphatic hydroxyl groups excluding tert-OH is 1. The lowest BCUT2D eigenvalue weighted by atomic mass is 9.93. The van der Waals surface area contributed by atoms with Crippen molar-refractivity contribution in [3.05, 3.63) is 10.9 Å². The molecule has 1 saturated carbocycles. The smallest absolute Gasteiger partial charge is 0.350 e. The number of nitrogen functional groups attached to an aromatic ring is 1. The van der Waals surface area contributed by atoms with E-state index in [-0.39, 0.29) is 12.1 Å². The first-order chi connectivity index (χ1) is 9.10. The van der Waals surface area contributed by atoms with Crippen molar-refractivity contribution in [2.75, 3.05) is 17.7 Å². The number of rotatable bonds is 4. The Morgan fingerprint density at radius 2 is 2.21 bits per heavy atom. The minimum absolute atomic E-state index is 0.165. The SMILES string of the molecule is CCOC(=O)c1sc(NC2CCC(O)CC2)cc1N. The summed E-state index contributed by atoms with van der Waals surface area (Å²) in [6.45, 7) is 2.12.